The van der Waals surface area contributed by atoms with Gasteiger partial charge in [0, 0.05) is 31.1 Å². The molecule has 20 heavy (non-hydrogen) atoms. The van der Waals surface area contributed by atoms with E-state index in [1.54, 1.807) is 11.3 Å². The summed E-state index contributed by atoms with van der Waals surface area (Å²) in [6, 6.07) is 0. The first-order chi connectivity index (χ1) is 9.45. The average Bonchev–Trinajstić information content (AvgIpc) is 2.74. The van der Waals surface area contributed by atoms with Gasteiger partial charge in [-0.05, 0) is 13.0 Å². The van der Waals surface area contributed by atoms with Crippen molar-refractivity contribution in [2.75, 3.05) is 33.2 Å². The minimum atomic E-state index is -0.776. The van der Waals surface area contributed by atoms with E-state index in [1.807, 2.05) is 0 Å². The molecule has 0 aliphatic carbocycles. The second-order valence-electron chi connectivity index (χ2n) is 5.72. The molecule has 0 spiro atoms. The first-order valence-electron chi connectivity index (χ1n) is 7.07. The third-order valence-corrected chi connectivity index (χ3v) is 4.64. The van der Waals surface area contributed by atoms with Crippen molar-refractivity contribution in [2.24, 2.45) is 0 Å². The van der Waals surface area contributed by atoms with Gasteiger partial charge in [0.05, 0.1) is 18.7 Å². The van der Waals surface area contributed by atoms with Gasteiger partial charge in [-0.15, -0.1) is 11.3 Å². The molecule has 1 aromatic rings. The van der Waals surface area contributed by atoms with E-state index in [-0.39, 0.29) is 12.3 Å². The lowest BCUT2D eigenvalue weighted by molar-refractivity contribution is -0.136. The van der Waals surface area contributed by atoms with Gasteiger partial charge >= 0.3 is 5.97 Å². The highest BCUT2D eigenvalue weighted by molar-refractivity contribution is 7.11. The SMILES string of the molecule is CC(C)c1nc(CN2CCN(C)CC2)sc1CC(=O)O. The lowest BCUT2D eigenvalue weighted by Gasteiger charge is -2.31. The number of hydrogen-bond donors (Lipinski definition) is 1. The number of piperazine rings is 1. The highest BCUT2D eigenvalue weighted by Crippen LogP contribution is 2.26. The summed E-state index contributed by atoms with van der Waals surface area (Å²) >= 11 is 1.56. The first kappa shape index (κ1) is 15.4. The van der Waals surface area contributed by atoms with Crippen molar-refractivity contribution in [1.82, 2.24) is 14.8 Å². The smallest absolute Gasteiger partial charge is 0.308 e. The molecular weight excluding hydrogens is 274 g/mol. The van der Waals surface area contributed by atoms with E-state index in [2.05, 4.69) is 35.7 Å². The maximum atomic E-state index is 10.9. The molecule has 0 unspecified atom stereocenters. The van der Waals surface area contributed by atoms with E-state index in [4.69, 9.17) is 5.11 Å². The van der Waals surface area contributed by atoms with Crippen LogP contribution in [0.5, 0.6) is 0 Å². The van der Waals surface area contributed by atoms with Gasteiger partial charge in [-0.2, -0.15) is 0 Å². The lowest BCUT2D eigenvalue weighted by Crippen LogP contribution is -2.43. The van der Waals surface area contributed by atoms with Crippen LogP contribution in [0.25, 0.3) is 0 Å². The largest absolute Gasteiger partial charge is 0.481 e. The molecule has 1 aliphatic heterocycles. The van der Waals surface area contributed by atoms with Crippen LogP contribution in [0.3, 0.4) is 0 Å². The van der Waals surface area contributed by atoms with E-state index in [0.717, 1.165) is 48.3 Å². The van der Waals surface area contributed by atoms with Gasteiger partial charge in [-0.3, -0.25) is 9.69 Å². The zero-order chi connectivity index (χ0) is 14.7. The number of carboxylic acids is 1. The summed E-state index contributed by atoms with van der Waals surface area (Å²) in [6.45, 7) is 9.27. The summed E-state index contributed by atoms with van der Waals surface area (Å²) < 4.78 is 0. The van der Waals surface area contributed by atoms with Crippen LogP contribution in [0.2, 0.25) is 0 Å². The number of nitrogens with zero attached hydrogens (tertiary/aromatic N) is 3. The number of rotatable bonds is 5. The normalized spacial score (nSPS) is 17.8. The minimum Gasteiger partial charge on any atom is -0.481 e. The van der Waals surface area contributed by atoms with Crippen LogP contribution in [-0.2, 0) is 17.8 Å². The molecule has 0 saturated carbocycles. The number of aliphatic carboxylic acids is 1. The van der Waals surface area contributed by atoms with Gasteiger partial charge in [-0.1, -0.05) is 13.8 Å². The molecule has 0 radical (unpaired) electrons. The predicted octanol–water partition coefficient (Wildman–Crippen LogP) is 1.64. The Hall–Kier alpha value is -0.980. The summed E-state index contributed by atoms with van der Waals surface area (Å²) in [5, 5.41) is 10.0. The molecule has 5 nitrogen and oxygen atoms in total. The molecule has 0 atom stereocenters. The number of carbonyl (C=O) groups is 1. The van der Waals surface area contributed by atoms with E-state index >= 15 is 0 Å². The minimum absolute atomic E-state index is 0.0912. The molecule has 112 valence electrons. The molecule has 1 fully saturated rings. The topological polar surface area (TPSA) is 56.7 Å². The summed E-state index contributed by atoms with van der Waals surface area (Å²) in [4.78, 5) is 21.3. The summed E-state index contributed by atoms with van der Waals surface area (Å²) in [7, 11) is 2.14. The van der Waals surface area contributed by atoms with Gasteiger partial charge in [0.2, 0.25) is 0 Å². The van der Waals surface area contributed by atoms with Gasteiger partial charge in [0.15, 0.2) is 0 Å². The Labute approximate surface area is 124 Å². The van der Waals surface area contributed by atoms with Crippen molar-refractivity contribution in [3.8, 4) is 0 Å². The maximum absolute atomic E-state index is 10.9. The number of carboxylic acid groups (broad SMARTS) is 1. The van der Waals surface area contributed by atoms with Crippen LogP contribution in [0, 0.1) is 0 Å². The van der Waals surface area contributed by atoms with Crippen molar-refractivity contribution < 1.29 is 9.90 Å². The highest BCUT2D eigenvalue weighted by atomic mass is 32.1. The Bertz CT molecular complexity index is 465. The molecule has 1 aromatic heterocycles. The monoisotopic (exact) mass is 297 g/mol. The lowest BCUT2D eigenvalue weighted by atomic mass is 10.1. The Balaban J connectivity index is 2.06. The van der Waals surface area contributed by atoms with Gasteiger partial charge in [0.25, 0.3) is 0 Å². The van der Waals surface area contributed by atoms with Crippen LogP contribution in [0.4, 0.5) is 0 Å². The molecule has 1 saturated heterocycles. The van der Waals surface area contributed by atoms with Crippen LogP contribution in [-0.4, -0.2) is 59.1 Å². The van der Waals surface area contributed by atoms with Gasteiger partial charge in [-0.25, -0.2) is 4.98 Å². The average molecular weight is 297 g/mol. The van der Waals surface area contributed by atoms with Crippen LogP contribution < -0.4 is 0 Å². The fraction of sp³-hybridized carbons (Fsp3) is 0.714. The standard InChI is InChI=1S/C14H23N3O2S/c1-10(2)14-11(8-13(18)19)20-12(15-14)9-17-6-4-16(3)5-7-17/h10H,4-9H2,1-3H3,(H,18,19). The summed E-state index contributed by atoms with van der Waals surface area (Å²) in [5.74, 6) is -0.497. The molecule has 0 amide bonds. The molecular formula is C14H23N3O2S. The van der Waals surface area contributed by atoms with Crippen molar-refractivity contribution in [3.05, 3.63) is 15.6 Å². The number of aromatic nitrogens is 1. The zero-order valence-corrected chi connectivity index (χ0v) is 13.2. The Morgan fingerprint density at radius 3 is 2.55 bits per heavy atom. The van der Waals surface area contributed by atoms with E-state index in [0.29, 0.717) is 0 Å². The molecule has 1 N–H and O–H groups in total. The van der Waals surface area contributed by atoms with Crippen molar-refractivity contribution in [2.45, 2.75) is 32.7 Å². The molecule has 6 heteroatoms. The number of likely N-dealkylation sites (N-methyl/N-ethyl adjacent to an activating group) is 1. The predicted molar refractivity (Wildman–Crippen MR) is 80.3 cm³/mol. The van der Waals surface area contributed by atoms with Crippen LogP contribution in [0.1, 0.15) is 35.3 Å². The number of hydrogen-bond acceptors (Lipinski definition) is 5. The molecule has 1 aliphatic rings. The Kier molecular flexibility index (Phi) is 5.12. The molecule has 2 rings (SSSR count). The molecule has 2 heterocycles. The second kappa shape index (κ2) is 6.65. The Morgan fingerprint density at radius 2 is 2.00 bits per heavy atom. The maximum Gasteiger partial charge on any atom is 0.308 e. The van der Waals surface area contributed by atoms with E-state index < -0.39 is 5.97 Å². The van der Waals surface area contributed by atoms with E-state index in [9.17, 15) is 4.79 Å². The molecule has 0 aromatic carbocycles. The second-order valence-corrected chi connectivity index (χ2v) is 6.89. The first-order valence-corrected chi connectivity index (χ1v) is 7.88. The van der Waals surface area contributed by atoms with Crippen LogP contribution >= 0.6 is 11.3 Å². The fourth-order valence-corrected chi connectivity index (χ4v) is 3.65. The molecule has 0 bridgehead atoms. The highest BCUT2D eigenvalue weighted by Gasteiger charge is 2.19. The van der Waals surface area contributed by atoms with Crippen molar-refractivity contribution in [3.63, 3.8) is 0 Å². The van der Waals surface area contributed by atoms with Crippen LogP contribution in [0.15, 0.2) is 0 Å². The zero-order valence-electron chi connectivity index (χ0n) is 12.4. The third kappa shape index (κ3) is 4.01. The Morgan fingerprint density at radius 1 is 1.35 bits per heavy atom. The van der Waals surface area contributed by atoms with Gasteiger partial charge < -0.3 is 10.0 Å². The summed E-state index contributed by atoms with van der Waals surface area (Å²) in [6.07, 6.45) is 0.0912. The third-order valence-electron chi connectivity index (χ3n) is 3.59. The van der Waals surface area contributed by atoms with E-state index in [1.165, 1.54) is 0 Å². The van der Waals surface area contributed by atoms with Crippen molar-refractivity contribution in [1.29, 1.82) is 0 Å². The quantitative estimate of drug-likeness (QED) is 0.895. The summed E-state index contributed by atoms with van der Waals surface area (Å²) in [5.41, 5.74) is 0.960. The van der Waals surface area contributed by atoms with Gasteiger partial charge in [0.1, 0.15) is 5.01 Å². The number of thiazole rings is 1. The fourth-order valence-electron chi connectivity index (χ4n) is 2.39. The van der Waals surface area contributed by atoms with Crippen molar-refractivity contribution >= 4 is 17.3 Å².